The molecule has 0 aliphatic carbocycles. The van der Waals surface area contributed by atoms with Crippen molar-refractivity contribution in [3.8, 4) is 0 Å². The van der Waals surface area contributed by atoms with Gasteiger partial charge in [0.05, 0.1) is 26.1 Å². The summed E-state index contributed by atoms with van der Waals surface area (Å²) in [6.45, 7) is 5.14. The lowest BCUT2D eigenvalue weighted by Crippen LogP contribution is -2.27. The van der Waals surface area contributed by atoms with Gasteiger partial charge < -0.3 is 19.4 Å². The van der Waals surface area contributed by atoms with Gasteiger partial charge in [-0.25, -0.2) is 4.98 Å². The van der Waals surface area contributed by atoms with Crippen LogP contribution in [-0.4, -0.2) is 49.6 Å². The van der Waals surface area contributed by atoms with E-state index in [4.69, 9.17) is 9.47 Å². The van der Waals surface area contributed by atoms with Gasteiger partial charge in [-0.2, -0.15) is 0 Å². The zero-order valence-corrected chi connectivity index (χ0v) is 11.1. The Labute approximate surface area is 108 Å². The van der Waals surface area contributed by atoms with Gasteiger partial charge in [-0.05, 0) is 25.9 Å². The summed E-state index contributed by atoms with van der Waals surface area (Å²) in [5.74, 6) is 0.646. The average molecular weight is 253 g/mol. The number of rotatable bonds is 7. The second-order valence-electron chi connectivity index (χ2n) is 4.64. The molecule has 5 nitrogen and oxygen atoms in total. The number of ether oxygens (including phenoxy) is 2. The van der Waals surface area contributed by atoms with Crippen LogP contribution in [0.5, 0.6) is 0 Å². The van der Waals surface area contributed by atoms with Gasteiger partial charge >= 0.3 is 0 Å². The maximum Gasteiger partial charge on any atom is 0.0949 e. The van der Waals surface area contributed by atoms with E-state index in [1.165, 1.54) is 18.5 Å². The lowest BCUT2D eigenvalue weighted by atomic mass is 9.95. The molecule has 0 saturated carbocycles. The van der Waals surface area contributed by atoms with Crippen molar-refractivity contribution in [2.45, 2.75) is 25.3 Å². The van der Waals surface area contributed by atoms with E-state index in [0.29, 0.717) is 19.1 Å². The second-order valence-corrected chi connectivity index (χ2v) is 4.64. The molecule has 1 aliphatic rings. The van der Waals surface area contributed by atoms with E-state index in [2.05, 4.69) is 14.9 Å². The highest BCUT2D eigenvalue weighted by atomic mass is 16.5. The third kappa shape index (κ3) is 3.80. The molecule has 2 rings (SSSR count). The Bertz CT molecular complexity index is 335. The summed E-state index contributed by atoms with van der Waals surface area (Å²) in [6.07, 6.45) is 6.33. The zero-order valence-electron chi connectivity index (χ0n) is 11.1. The van der Waals surface area contributed by atoms with Crippen molar-refractivity contribution in [3.63, 3.8) is 0 Å². The van der Waals surface area contributed by atoms with E-state index in [-0.39, 0.29) is 0 Å². The predicted molar refractivity (Wildman–Crippen MR) is 69.8 cm³/mol. The monoisotopic (exact) mass is 253 g/mol. The van der Waals surface area contributed by atoms with Crippen LogP contribution in [0.25, 0.3) is 0 Å². The van der Waals surface area contributed by atoms with Gasteiger partial charge in [-0.3, -0.25) is 0 Å². The molecule has 2 heterocycles. The third-order valence-corrected chi connectivity index (χ3v) is 3.41. The molecule has 1 fully saturated rings. The Balaban J connectivity index is 1.79. The standard InChI is InChI=1S/C13H23N3O2/c1-17-8-9-18-7-6-16-11-15-10-13(16)12-2-4-14-5-3-12/h10-12,14H,2-9H2,1H3. The van der Waals surface area contributed by atoms with Gasteiger partial charge in [0, 0.05) is 31.5 Å². The van der Waals surface area contributed by atoms with Crippen LogP contribution in [0.4, 0.5) is 0 Å². The molecule has 0 radical (unpaired) electrons. The van der Waals surface area contributed by atoms with Crippen LogP contribution >= 0.6 is 0 Å². The summed E-state index contributed by atoms with van der Waals surface area (Å²) in [6, 6.07) is 0. The summed E-state index contributed by atoms with van der Waals surface area (Å²) >= 11 is 0. The number of nitrogens with one attached hydrogen (secondary N) is 1. The largest absolute Gasteiger partial charge is 0.382 e. The first-order chi connectivity index (χ1) is 8.92. The lowest BCUT2D eigenvalue weighted by molar-refractivity contribution is 0.0662. The molecular weight excluding hydrogens is 230 g/mol. The Morgan fingerprint density at radius 1 is 1.33 bits per heavy atom. The Morgan fingerprint density at radius 2 is 2.17 bits per heavy atom. The van der Waals surface area contributed by atoms with Gasteiger partial charge in [0.1, 0.15) is 0 Å². The summed E-state index contributed by atoms with van der Waals surface area (Å²) < 4.78 is 12.7. The van der Waals surface area contributed by atoms with Gasteiger partial charge in [-0.15, -0.1) is 0 Å². The van der Waals surface area contributed by atoms with Gasteiger partial charge in [0.25, 0.3) is 0 Å². The number of imidazole rings is 1. The number of aromatic nitrogens is 2. The Kier molecular flexibility index (Phi) is 5.64. The second kappa shape index (κ2) is 7.51. The van der Waals surface area contributed by atoms with Crippen LogP contribution in [0.15, 0.2) is 12.5 Å². The molecule has 0 spiro atoms. The molecule has 0 aromatic carbocycles. The van der Waals surface area contributed by atoms with E-state index in [9.17, 15) is 0 Å². The molecule has 0 atom stereocenters. The molecular formula is C13H23N3O2. The minimum Gasteiger partial charge on any atom is -0.382 e. The molecule has 1 aliphatic heterocycles. The van der Waals surface area contributed by atoms with Crippen molar-refractivity contribution in [2.75, 3.05) is 40.0 Å². The summed E-state index contributed by atoms with van der Waals surface area (Å²) in [7, 11) is 1.69. The number of methoxy groups -OCH3 is 1. The molecule has 5 heteroatoms. The smallest absolute Gasteiger partial charge is 0.0949 e. The fourth-order valence-electron chi connectivity index (χ4n) is 2.38. The maximum atomic E-state index is 5.50. The van der Waals surface area contributed by atoms with Crippen molar-refractivity contribution in [2.24, 2.45) is 0 Å². The number of piperidine rings is 1. The number of hydrogen-bond donors (Lipinski definition) is 1. The Hall–Kier alpha value is -0.910. The highest BCUT2D eigenvalue weighted by Gasteiger charge is 2.18. The molecule has 102 valence electrons. The topological polar surface area (TPSA) is 48.3 Å². The molecule has 0 amide bonds. The summed E-state index contributed by atoms with van der Waals surface area (Å²) in [5, 5.41) is 3.39. The molecule has 1 aromatic heterocycles. The molecule has 1 aromatic rings. The molecule has 18 heavy (non-hydrogen) atoms. The van der Waals surface area contributed by atoms with Crippen LogP contribution in [0.1, 0.15) is 24.5 Å². The minimum absolute atomic E-state index is 0.646. The van der Waals surface area contributed by atoms with E-state index < -0.39 is 0 Å². The van der Waals surface area contributed by atoms with Crippen LogP contribution < -0.4 is 5.32 Å². The van der Waals surface area contributed by atoms with Crippen molar-refractivity contribution in [1.82, 2.24) is 14.9 Å². The van der Waals surface area contributed by atoms with Crippen LogP contribution in [0.3, 0.4) is 0 Å². The van der Waals surface area contributed by atoms with Crippen LogP contribution in [0.2, 0.25) is 0 Å². The normalized spacial score (nSPS) is 17.2. The van der Waals surface area contributed by atoms with E-state index >= 15 is 0 Å². The third-order valence-electron chi connectivity index (χ3n) is 3.41. The first-order valence-electron chi connectivity index (χ1n) is 6.69. The Morgan fingerprint density at radius 3 is 2.94 bits per heavy atom. The first kappa shape index (κ1) is 13.5. The lowest BCUT2D eigenvalue weighted by Gasteiger charge is -2.23. The first-order valence-corrected chi connectivity index (χ1v) is 6.69. The number of nitrogens with zero attached hydrogens (tertiary/aromatic N) is 2. The highest BCUT2D eigenvalue weighted by Crippen LogP contribution is 2.24. The molecule has 0 bridgehead atoms. The van der Waals surface area contributed by atoms with Crippen molar-refractivity contribution in [3.05, 3.63) is 18.2 Å². The molecule has 0 unspecified atom stereocenters. The quantitative estimate of drug-likeness (QED) is 0.737. The SMILES string of the molecule is COCCOCCn1cncc1C1CCNCC1. The predicted octanol–water partition coefficient (Wildman–Crippen LogP) is 1.01. The number of hydrogen-bond acceptors (Lipinski definition) is 4. The van der Waals surface area contributed by atoms with Crippen molar-refractivity contribution in [1.29, 1.82) is 0 Å². The van der Waals surface area contributed by atoms with E-state index in [0.717, 1.165) is 26.2 Å². The van der Waals surface area contributed by atoms with Crippen LogP contribution in [0, 0.1) is 0 Å². The molecule has 1 N–H and O–H groups in total. The zero-order chi connectivity index (χ0) is 12.6. The van der Waals surface area contributed by atoms with Gasteiger partial charge in [0.2, 0.25) is 0 Å². The van der Waals surface area contributed by atoms with E-state index in [1.807, 2.05) is 12.5 Å². The average Bonchev–Trinajstić information content (AvgIpc) is 2.88. The van der Waals surface area contributed by atoms with Crippen LogP contribution in [-0.2, 0) is 16.0 Å². The summed E-state index contributed by atoms with van der Waals surface area (Å²) in [4.78, 5) is 4.27. The van der Waals surface area contributed by atoms with Crippen molar-refractivity contribution >= 4 is 0 Å². The van der Waals surface area contributed by atoms with Gasteiger partial charge in [0.15, 0.2) is 0 Å². The summed E-state index contributed by atoms with van der Waals surface area (Å²) in [5.41, 5.74) is 1.35. The van der Waals surface area contributed by atoms with E-state index in [1.54, 1.807) is 7.11 Å². The highest BCUT2D eigenvalue weighted by molar-refractivity contribution is 5.07. The fraction of sp³-hybridized carbons (Fsp3) is 0.769. The minimum atomic E-state index is 0.646. The van der Waals surface area contributed by atoms with Crippen molar-refractivity contribution < 1.29 is 9.47 Å². The maximum absolute atomic E-state index is 5.50. The molecule has 1 saturated heterocycles. The van der Waals surface area contributed by atoms with Gasteiger partial charge in [-0.1, -0.05) is 0 Å². The fourth-order valence-corrected chi connectivity index (χ4v) is 2.38.